The highest BCUT2D eigenvalue weighted by Crippen LogP contribution is 2.25. The number of amides is 1. The Morgan fingerprint density at radius 1 is 1.29 bits per heavy atom. The molecule has 1 aliphatic heterocycles. The quantitative estimate of drug-likeness (QED) is 0.761. The van der Waals surface area contributed by atoms with E-state index in [0.717, 1.165) is 45.1 Å². The largest absolute Gasteiger partial charge is 0.396 e. The zero-order chi connectivity index (χ0) is 12.1. The monoisotopic (exact) mass is 241 g/mol. The summed E-state index contributed by atoms with van der Waals surface area (Å²) in [5.41, 5.74) is 0. The van der Waals surface area contributed by atoms with Gasteiger partial charge < -0.3 is 15.2 Å². The van der Waals surface area contributed by atoms with Gasteiger partial charge in [0.15, 0.2) is 0 Å². The molecule has 2 N–H and O–H groups in total. The number of hydrogen-bond donors (Lipinski definition) is 2. The van der Waals surface area contributed by atoms with Crippen LogP contribution in [0.15, 0.2) is 0 Å². The molecule has 17 heavy (non-hydrogen) atoms. The predicted octanol–water partition coefficient (Wildman–Crippen LogP) is 1.22. The molecular weight excluding hydrogens is 218 g/mol. The Hall–Kier alpha value is -0.610. The average Bonchev–Trinajstić information content (AvgIpc) is 2.97. The second-order valence-electron chi connectivity index (χ2n) is 5.22. The van der Waals surface area contributed by atoms with Gasteiger partial charge >= 0.3 is 0 Å². The average molecular weight is 241 g/mol. The Bertz CT molecular complexity index is 251. The summed E-state index contributed by atoms with van der Waals surface area (Å²) in [6.45, 7) is 1.04. The van der Waals surface area contributed by atoms with Crippen molar-refractivity contribution >= 4 is 5.91 Å². The van der Waals surface area contributed by atoms with Gasteiger partial charge in [-0.3, -0.25) is 4.79 Å². The molecule has 3 unspecified atom stereocenters. The molecule has 4 nitrogen and oxygen atoms in total. The molecule has 0 radical (unpaired) electrons. The summed E-state index contributed by atoms with van der Waals surface area (Å²) in [6, 6.07) is 0.192. The second-order valence-corrected chi connectivity index (χ2v) is 5.22. The van der Waals surface area contributed by atoms with Gasteiger partial charge in [0, 0.05) is 31.6 Å². The third-order valence-corrected chi connectivity index (χ3v) is 3.96. The van der Waals surface area contributed by atoms with Crippen LogP contribution in [0.4, 0.5) is 0 Å². The maximum atomic E-state index is 11.8. The zero-order valence-corrected chi connectivity index (χ0v) is 10.4. The van der Waals surface area contributed by atoms with E-state index in [-0.39, 0.29) is 30.6 Å². The molecular formula is C13H23NO3. The Balaban J connectivity index is 1.65. The highest BCUT2D eigenvalue weighted by atomic mass is 16.5. The van der Waals surface area contributed by atoms with Gasteiger partial charge in [0.25, 0.3) is 0 Å². The molecule has 0 spiro atoms. The van der Waals surface area contributed by atoms with E-state index in [1.165, 1.54) is 0 Å². The van der Waals surface area contributed by atoms with Crippen molar-refractivity contribution in [1.82, 2.24) is 5.32 Å². The molecule has 0 aromatic rings. The van der Waals surface area contributed by atoms with E-state index in [2.05, 4.69) is 5.32 Å². The van der Waals surface area contributed by atoms with Crippen LogP contribution in [-0.4, -0.2) is 36.4 Å². The lowest BCUT2D eigenvalue weighted by atomic mass is 10.0. The lowest BCUT2D eigenvalue weighted by molar-refractivity contribution is -0.122. The summed E-state index contributed by atoms with van der Waals surface area (Å²) in [6.07, 6.45) is 7.06. The molecule has 1 amide bonds. The van der Waals surface area contributed by atoms with E-state index >= 15 is 0 Å². The van der Waals surface area contributed by atoms with E-state index in [1.807, 2.05) is 0 Å². The number of rotatable bonds is 5. The van der Waals surface area contributed by atoms with Gasteiger partial charge in [-0.2, -0.15) is 0 Å². The third kappa shape index (κ3) is 3.68. The minimum atomic E-state index is 0.117. The van der Waals surface area contributed by atoms with E-state index < -0.39 is 0 Å². The van der Waals surface area contributed by atoms with Crippen molar-refractivity contribution in [1.29, 1.82) is 0 Å². The summed E-state index contributed by atoms with van der Waals surface area (Å²) in [5.74, 6) is 0.382. The van der Waals surface area contributed by atoms with Crippen molar-refractivity contribution in [3.8, 4) is 0 Å². The van der Waals surface area contributed by atoms with Gasteiger partial charge in [0.2, 0.25) is 5.91 Å². The standard InChI is InChI=1S/C13H23NO3/c15-9-10-3-1-5-12(10)14-13(16)7-6-11-4-2-8-17-11/h10-12,15H,1-9H2,(H,14,16). The molecule has 1 saturated carbocycles. The Morgan fingerprint density at radius 2 is 2.18 bits per heavy atom. The fraction of sp³-hybridized carbons (Fsp3) is 0.923. The van der Waals surface area contributed by atoms with E-state index in [4.69, 9.17) is 4.74 Å². The normalized spacial score (nSPS) is 32.9. The number of hydrogen-bond acceptors (Lipinski definition) is 3. The Kier molecular flexibility index (Phi) is 4.80. The summed E-state index contributed by atoms with van der Waals surface area (Å²) in [4.78, 5) is 11.8. The van der Waals surface area contributed by atoms with Crippen molar-refractivity contribution in [3.05, 3.63) is 0 Å². The first kappa shape index (κ1) is 12.8. The van der Waals surface area contributed by atoms with Crippen LogP contribution in [0.5, 0.6) is 0 Å². The first-order valence-corrected chi connectivity index (χ1v) is 6.81. The van der Waals surface area contributed by atoms with Crippen LogP contribution in [0.1, 0.15) is 44.9 Å². The molecule has 4 heteroatoms. The number of aliphatic hydroxyl groups is 1. The molecule has 0 aromatic heterocycles. The molecule has 2 rings (SSSR count). The van der Waals surface area contributed by atoms with Crippen molar-refractivity contribution in [3.63, 3.8) is 0 Å². The summed E-state index contributed by atoms with van der Waals surface area (Å²) < 4.78 is 5.50. The number of carbonyl (C=O) groups excluding carboxylic acids is 1. The van der Waals surface area contributed by atoms with Crippen LogP contribution in [0.3, 0.4) is 0 Å². The van der Waals surface area contributed by atoms with Crippen LogP contribution in [0.25, 0.3) is 0 Å². The molecule has 1 heterocycles. The molecule has 98 valence electrons. The maximum Gasteiger partial charge on any atom is 0.220 e. The molecule has 1 aliphatic carbocycles. The van der Waals surface area contributed by atoms with Gasteiger partial charge in [-0.25, -0.2) is 0 Å². The molecule has 0 aromatic carbocycles. The second kappa shape index (κ2) is 6.36. The number of ether oxygens (including phenoxy) is 1. The van der Waals surface area contributed by atoms with Gasteiger partial charge in [0.05, 0.1) is 6.10 Å². The maximum absolute atomic E-state index is 11.8. The molecule has 0 bridgehead atoms. The van der Waals surface area contributed by atoms with Crippen molar-refractivity contribution in [2.45, 2.75) is 57.1 Å². The molecule has 3 atom stereocenters. The first-order chi connectivity index (χ1) is 8.29. The SMILES string of the molecule is O=C(CCC1CCCO1)NC1CCCC1CO. The van der Waals surface area contributed by atoms with E-state index in [0.29, 0.717) is 6.42 Å². The smallest absolute Gasteiger partial charge is 0.220 e. The molecule has 1 saturated heterocycles. The van der Waals surface area contributed by atoms with Gasteiger partial charge in [-0.05, 0) is 32.1 Å². The van der Waals surface area contributed by atoms with Crippen LogP contribution >= 0.6 is 0 Å². The molecule has 2 fully saturated rings. The van der Waals surface area contributed by atoms with Gasteiger partial charge in [-0.15, -0.1) is 0 Å². The summed E-state index contributed by atoms with van der Waals surface area (Å²) in [5, 5.41) is 12.2. The summed E-state index contributed by atoms with van der Waals surface area (Å²) >= 11 is 0. The summed E-state index contributed by atoms with van der Waals surface area (Å²) in [7, 11) is 0. The van der Waals surface area contributed by atoms with Crippen molar-refractivity contribution in [2.75, 3.05) is 13.2 Å². The zero-order valence-electron chi connectivity index (χ0n) is 10.4. The van der Waals surface area contributed by atoms with E-state index in [9.17, 15) is 9.90 Å². The Morgan fingerprint density at radius 3 is 2.88 bits per heavy atom. The lowest BCUT2D eigenvalue weighted by Crippen LogP contribution is -2.38. The van der Waals surface area contributed by atoms with Crippen LogP contribution in [0, 0.1) is 5.92 Å². The fourth-order valence-electron chi connectivity index (χ4n) is 2.89. The fourth-order valence-corrected chi connectivity index (χ4v) is 2.89. The van der Waals surface area contributed by atoms with Crippen LogP contribution in [-0.2, 0) is 9.53 Å². The minimum absolute atomic E-state index is 0.117. The van der Waals surface area contributed by atoms with E-state index in [1.54, 1.807) is 0 Å². The number of aliphatic hydroxyl groups excluding tert-OH is 1. The number of carbonyl (C=O) groups is 1. The first-order valence-electron chi connectivity index (χ1n) is 6.81. The van der Waals surface area contributed by atoms with Crippen LogP contribution in [0.2, 0.25) is 0 Å². The topological polar surface area (TPSA) is 58.6 Å². The van der Waals surface area contributed by atoms with Gasteiger partial charge in [0.1, 0.15) is 0 Å². The van der Waals surface area contributed by atoms with Crippen molar-refractivity contribution in [2.24, 2.45) is 5.92 Å². The lowest BCUT2D eigenvalue weighted by Gasteiger charge is -2.19. The Labute approximate surface area is 103 Å². The minimum Gasteiger partial charge on any atom is -0.396 e. The van der Waals surface area contributed by atoms with Crippen molar-refractivity contribution < 1.29 is 14.6 Å². The third-order valence-electron chi connectivity index (χ3n) is 3.96. The van der Waals surface area contributed by atoms with Crippen LogP contribution < -0.4 is 5.32 Å². The highest BCUT2D eigenvalue weighted by Gasteiger charge is 2.28. The predicted molar refractivity (Wildman–Crippen MR) is 64.6 cm³/mol. The highest BCUT2D eigenvalue weighted by molar-refractivity contribution is 5.76. The number of nitrogens with one attached hydrogen (secondary N) is 1. The van der Waals surface area contributed by atoms with Gasteiger partial charge in [-0.1, -0.05) is 6.42 Å². The molecule has 2 aliphatic rings.